The van der Waals surface area contributed by atoms with E-state index in [1.54, 1.807) is 0 Å². The molecule has 0 saturated carbocycles. The maximum atomic E-state index is 12.0. The Kier molecular flexibility index (Phi) is 5.17. The number of rotatable bonds is 5. The van der Waals surface area contributed by atoms with Crippen molar-refractivity contribution in [1.82, 2.24) is 9.03 Å². The number of aliphatic hydroxyl groups excluding tert-OH is 1. The molecule has 1 aliphatic rings. The molecule has 1 saturated heterocycles. The standard InChI is InChI=1S/C10H22N2O3S/c1-3-10(8-13)11-16(14,15)12-7-5-4-6-9(12)2/h9-11,13H,3-8H2,1-2H3/t9?,10-/m1/s1. The molecule has 1 fully saturated rings. The fraction of sp³-hybridized carbons (Fsp3) is 1.00. The molecular formula is C10H22N2O3S. The third-order valence-electron chi connectivity index (χ3n) is 3.08. The number of nitrogens with zero attached hydrogens (tertiary/aromatic N) is 1. The first-order chi connectivity index (χ1) is 7.51. The van der Waals surface area contributed by atoms with E-state index in [-0.39, 0.29) is 18.7 Å². The van der Waals surface area contributed by atoms with Crippen molar-refractivity contribution in [2.75, 3.05) is 13.2 Å². The summed E-state index contributed by atoms with van der Waals surface area (Å²) in [5.74, 6) is 0. The topological polar surface area (TPSA) is 69.6 Å². The van der Waals surface area contributed by atoms with Crippen LogP contribution in [-0.2, 0) is 10.2 Å². The lowest BCUT2D eigenvalue weighted by molar-refractivity contribution is 0.238. The van der Waals surface area contributed by atoms with Crippen LogP contribution in [0.4, 0.5) is 0 Å². The Labute approximate surface area is 98.0 Å². The van der Waals surface area contributed by atoms with Gasteiger partial charge in [0.1, 0.15) is 0 Å². The van der Waals surface area contributed by atoms with Crippen LogP contribution in [0, 0.1) is 0 Å². The molecule has 16 heavy (non-hydrogen) atoms. The SMILES string of the molecule is CC[C@H](CO)NS(=O)(=O)N1CCCCC1C. The summed E-state index contributed by atoms with van der Waals surface area (Å²) in [6, 6.07) is -0.318. The van der Waals surface area contributed by atoms with Crippen LogP contribution in [0.25, 0.3) is 0 Å². The van der Waals surface area contributed by atoms with E-state index in [2.05, 4.69) is 4.72 Å². The first-order valence-corrected chi connectivity index (χ1v) is 7.35. The Bertz CT molecular complexity index is 301. The van der Waals surface area contributed by atoms with Crippen molar-refractivity contribution in [3.63, 3.8) is 0 Å². The van der Waals surface area contributed by atoms with Crippen LogP contribution >= 0.6 is 0 Å². The van der Waals surface area contributed by atoms with Gasteiger partial charge in [-0.15, -0.1) is 0 Å². The molecule has 1 rings (SSSR count). The average Bonchev–Trinajstić information content (AvgIpc) is 2.26. The number of hydrogen-bond acceptors (Lipinski definition) is 3. The van der Waals surface area contributed by atoms with Crippen molar-refractivity contribution in [3.05, 3.63) is 0 Å². The minimum Gasteiger partial charge on any atom is -0.395 e. The van der Waals surface area contributed by atoms with Crippen LogP contribution in [0.15, 0.2) is 0 Å². The van der Waals surface area contributed by atoms with E-state index in [9.17, 15) is 8.42 Å². The quantitative estimate of drug-likeness (QED) is 0.745. The lowest BCUT2D eigenvalue weighted by Crippen LogP contribution is -2.51. The van der Waals surface area contributed by atoms with Gasteiger partial charge in [-0.05, 0) is 26.2 Å². The molecule has 6 heteroatoms. The minimum atomic E-state index is -3.43. The zero-order chi connectivity index (χ0) is 12.2. The van der Waals surface area contributed by atoms with Crippen LogP contribution in [0.3, 0.4) is 0 Å². The van der Waals surface area contributed by atoms with Crippen LogP contribution < -0.4 is 4.72 Å². The number of nitrogens with one attached hydrogen (secondary N) is 1. The number of hydrogen-bond donors (Lipinski definition) is 2. The van der Waals surface area contributed by atoms with Gasteiger partial charge in [0, 0.05) is 18.6 Å². The zero-order valence-electron chi connectivity index (χ0n) is 10.0. The van der Waals surface area contributed by atoms with Crippen LogP contribution in [-0.4, -0.2) is 43.1 Å². The highest BCUT2D eigenvalue weighted by Gasteiger charge is 2.30. The van der Waals surface area contributed by atoms with Crippen molar-refractivity contribution in [1.29, 1.82) is 0 Å². The maximum absolute atomic E-state index is 12.0. The molecule has 0 amide bonds. The molecular weight excluding hydrogens is 228 g/mol. The van der Waals surface area contributed by atoms with E-state index >= 15 is 0 Å². The highest BCUT2D eigenvalue weighted by molar-refractivity contribution is 7.87. The fourth-order valence-corrected chi connectivity index (χ4v) is 3.70. The zero-order valence-corrected chi connectivity index (χ0v) is 10.8. The van der Waals surface area contributed by atoms with Gasteiger partial charge >= 0.3 is 0 Å². The van der Waals surface area contributed by atoms with Gasteiger partial charge in [-0.3, -0.25) is 0 Å². The van der Waals surface area contributed by atoms with E-state index in [1.807, 2.05) is 13.8 Å². The van der Waals surface area contributed by atoms with Gasteiger partial charge in [0.05, 0.1) is 6.61 Å². The highest BCUT2D eigenvalue weighted by Crippen LogP contribution is 2.19. The molecule has 0 aromatic heterocycles. The lowest BCUT2D eigenvalue weighted by Gasteiger charge is -2.33. The molecule has 2 atom stereocenters. The summed E-state index contributed by atoms with van der Waals surface area (Å²) in [5, 5.41) is 9.01. The molecule has 1 heterocycles. The molecule has 0 bridgehead atoms. The van der Waals surface area contributed by atoms with Crippen molar-refractivity contribution in [3.8, 4) is 0 Å². The van der Waals surface area contributed by atoms with Crippen molar-refractivity contribution in [2.45, 2.75) is 51.6 Å². The number of aliphatic hydroxyl groups is 1. The molecule has 0 aromatic rings. The molecule has 96 valence electrons. The van der Waals surface area contributed by atoms with E-state index in [0.29, 0.717) is 13.0 Å². The summed E-state index contributed by atoms with van der Waals surface area (Å²) < 4.78 is 28.1. The highest BCUT2D eigenvalue weighted by atomic mass is 32.2. The Hall–Kier alpha value is -0.170. The minimum absolute atomic E-state index is 0.0578. The fourth-order valence-electron chi connectivity index (χ4n) is 1.96. The van der Waals surface area contributed by atoms with Gasteiger partial charge in [-0.1, -0.05) is 13.3 Å². The van der Waals surface area contributed by atoms with Gasteiger partial charge in [0.15, 0.2) is 0 Å². The summed E-state index contributed by atoms with van der Waals surface area (Å²) in [5.41, 5.74) is 0. The largest absolute Gasteiger partial charge is 0.395 e. The second-order valence-electron chi connectivity index (χ2n) is 4.37. The molecule has 5 nitrogen and oxygen atoms in total. The third kappa shape index (κ3) is 3.41. The first kappa shape index (κ1) is 13.9. The predicted octanol–water partition coefficient (Wildman–Crippen LogP) is 0.466. The predicted molar refractivity (Wildman–Crippen MR) is 63.2 cm³/mol. The van der Waals surface area contributed by atoms with Crippen molar-refractivity contribution < 1.29 is 13.5 Å². The van der Waals surface area contributed by atoms with E-state index in [1.165, 1.54) is 4.31 Å². The van der Waals surface area contributed by atoms with Crippen LogP contribution in [0.5, 0.6) is 0 Å². The first-order valence-electron chi connectivity index (χ1n) is 5.91. The van der Waals surface area contributed by atoms with Gasteiger partial charge < -0.3 is 5.11 Å². The normalized spacial score (nSPS) is 25.6. The Morgan fingerprint density at radius 2 is 2.19 bits per heavy atom. The molecule has 0 aromatic carbocycles. The smallest absolute Gasteiger partial charge is 0.280 e. The Balaban J connectivity index is 2.68. The van der Waals surface area contributed by atoms with Crippen LogP contribution in [0.1, 0.15) is 39.5 Å². The van der Waals surface area contributed by atoms with Crippen molar-refractivity contribution >= 4 is 10.2 Å². The summed E-state index contributed by atoms with van der Waals surface area (Å²) in [6.45, 7) is 4.21. The molecule has 0 spiro atoms. The molecule has 1 aliphatic heterocycles. The van der Waals surface area contributed by atoms with E-state index in [0.717, 1.165) is 19.3 Å². The molecule has 0 aliphatic carbocycles. The average molecular weight is 250 g/mol. The van der Waals surface area contributed by atoms with Gasteiger partial charge in [-0.2, -0.15) is 17.4 Å². The van der Waals surface area contributed by atoms with Crippen molar-refractivity contribution in [2.24, 2.45) is 0 Å². The maximum Gasteiger partial charge on any atom is 0.280 e. The summed E-state index contributed by atoms with van der Waals surface area (Å²) >= 11 is 0. The number of piperidine rings is 1. The third-order valence-corrected chi connectivity index (χ3v) is 4.87. The molecule has 2 N–H and O–H groups in total. The summed E-state index contributed by atoms with van der Waals surface area (Å²) in [7, 11) is -3.43. The summed E-state index contributed by atoms with van der Waals surface area (Å²) in [6.07, 6.45) is 3.51. The van der Waals surface area contributed by atoms with Gasteiger partial charge in [-0.25, -0.2) is 0 Å². The second-order valence-corrected chi connectivity index (χ2v) is 6.02. The lowest BCUT2D eigenvalue weighted by atomic mass is 10.1. The monoisotopic (exact) mass is 250 g/mol. The molecule has 1 unspecified atom stereocenters. The van der Waals surface area contributed by atoms with Gasteiger partial charge in [0.25, 0.3) is 10.2 Å². The van der Waals surface area contributed by atoms with Gasteiger partial charge in [0.2, 0.25) is 0 Å². The Morgan fingerprint density at radius 3 is 2.69 bits per heavy atom. The van der Waals surface area contributed by atoms with E-state index < -0.39 is 10.2 Å². The second kappa shape index (κ2) is 5.95. The van der Waals surface area contributed by atoms with Crippen LogP contribution in [0.2, 0.25) is 0 Å². The molecule has 0 radical (unpaired) electrons. The van der Waals surface area contributed by atoms with E-state index in [4.69, 9.17) is 5.11 Å². The Morgan fingerprint density at radius 1 is 1.50 bits per heavy atom. The summed E-state index contributed by atoms with van der Waals surface area (Å²) in [4.78, 5) is 0.